The van der Waals surface area contributed by atoms with Crippen LogP contribution in [-0.2, 0) is 6.54 Å². The van der Waals surface area contributed by atoms with Crippen LogP contribution >= 0.6 is 11.8 Å². The Hall–Kier alpha value is -1.45. The first kappa shape index (κ1) is 13.0. The Morgan fingerprint density at radius 2 is 1.94 bits per heavy atom. The van der Waals surface area contributed by atoms with E-state index in [2.05, 4.69) is 41.7 Å². The first-order chi connectivity index (χ1) is 8.83. The maximum absolute atomic E-state index is 5.24. The molecule has 0 saturated heterocycles. The molecular formula is C15H17NOS. The minimum Gasteiger partial charge on any atom is -0.497 e. The van der Waals surface area contributed by atoms with E-state index >= 15 is 0 Å². The molecule has 0 aliphatic rings. The zero-order valence-corrected chi connectivity index (χ0v) is 11.5. The van der Waals surface area contributed by atoms with Crippen molar-refractivity contribution < 1.29 is 4.74 Å². The smallest absolute Gasteiger partial charge is 0.119 e. The van der Waals surface area contributed by atoms with Gasteiger partial charge in [-0.3, -0.25) is 0 Å². The van der Waals surface area contributed by atoms with Gasteiger partial charge in [-0.1, -0.05) is 36.0 Å². The van der Waals surface area contributed by atoms with Gasteiger partial charge in [-0.25, -0.2) is 0 Å². The SMILES string of the molecule is CNCc1ccccc1Sc1cccc(OC)c1. The molecule has 2 rings (SSSR count). The van der Waals surface area contributed by atoms with Crippen molar-refractivity contribution in [2.24, 2.45) is 0 Å². The average Bonchev–Trinajstić information content (AvgIpc) is 2.41. The molecule has 2 aromatic carbocycles. The molecule has 3 heteroatoms. The Morgan fingerprint density at radius 3 is 2.72 bits per heavy atom. The third-order valence-corrected chi connectivity index (χ3v) is 3.72. The van der Waals surface area contributed by atoms with Gasteiger partial charge in [0.2, 0.25) is 0 Å². The van der Waals surface area contributed by atoms with Gasteiger partial charge in [0.05, 0.1) is 7.11 Å². The number of hydrogen-bond donors (Lipinski definition) is 1. The molecule has 0 radical (unpaired) electrons. The quantitative estimate of drug-likeness (QED) is 0.887. The average molecular weight is 259 g/mol. The van der Waals surface area contributed by atoms with Gasteiger partial charge in [-0.15, -0.1) is 0 Å². The van der Waals surface area contributed by atoms with Crippen molar-refractivity contribution in [2.45, 2.75) is 16.3 Å². The summed E-state index contributed by atoms with van der Waals surface area (Å²) in [5.74, 6) is 0.895. The van der Waals surface area contributed by atoms with Crippen molar-refractivity contribution in [2.75, 3.05) is 14.2 Å². The standard InChI is InChI=1S/C15H17NOS/c1-16-11-12-6-3-4-9-15(12)18-14-8-5-7-13(10-14)17-2/h3-10,16H,11H2,1-2H3. The highest BCUT2D eigenvalue weighted by atomic mass is 32.2. The Morgan fingerprint density at radius 1 is 1.11 bits per heavy atom. The fourth-order valence-corrected chi connectivity index (χ4v) is 2.73. The number of hydrogen-bond acceptors (Lipinski definition) is 3. The molecular weight excluding hydrogens is 242 g/mol. The van der Waals surface area contributed by atoms with Crippen molar-refractivity contribution in [3.8, 4) is 5.75 Å². The Balaban J connectivity index is 2.22. The molecule has 2 aromatic rings. The first-order valence-electron chi connectivity index (χ1n) is 5.88. The van der Waals surface area contributed by atoms with E-state index in [-0.39, 0.29) is 0 Å². The fourth-order valence-electron chi connectivity index (χ4n) is 1.73. The molecule has 18 heavy (non-hydrogen) atoms. The van der Waals surface area contributed by atoms with Crippen LogP contribution in [0.4, 0.5) is 0 Å². The highest BCUT2D eigenvalue weighted by Gasteiger charge is 2.04. The van der Waals surface area contributed by atoms with Gasteiger partial charge in [-0.05, 0) is 36.9 Å². The van der Waals surface area contributed by atoms with Gasteiger partial charge < -0.3 is 10.1 Å². The molecule has 0 aliphatic carbocycles. The maximum Gasteiger partial charge on any atom is 0.119 e. The van der Waals surface area contributed by atoms with E-state index in [0.29, 0.717) is 0 Å². The molecule has 94 valence electrons. The van der Waals surface area contributed by atoms with Gasteiger partial charge in [0.25, 0.3) is 0 Å². The number of rotatable bonds is 5. The Bertz CT molecular complexity index is 513. The summed E-state index contributed by atoms with van der Waals surface area (Å²) in [4.78, 5) is 2.47. The van der Waals surface area contributed by atoms with Gasteiger partial charge in [-0.2, -0.15) is 0 Å². The van der Waals surface area contributed by atoms with Crippen LogP contribution in [0.1, 0.15) is 5.56 Å². The lowest BCUT2D eigenvalue weighted by molar-refractivity contribution is 0.413. The maximum atomic E-state index is 5.24. The minimum atomic E-state index is 0.882. The molecule has 0 amide bonds. The predicted octanol–water partition coefficient (Wildman–Crippen LogP) is 3.57. The number of nitrogens with one attached hydrogen (secondary N) is 1. The van der Waals surface area contributed by atoms with Crippen molar-refractivity contribution in [1.82, 2.24) is 5.32 Å². The van der Waals surface area contributed by atoms with Crippen LogP contribution in [-0.4, -0.2) is 14.2 Å². The zero-order valence-electron chi connectivity index (χ0n) is 10.6. The van der Waals surface area contributed by atoms with Crippen LogP contribution in [0, 0.1) is 0 Å². The summed E-state index contributed by atoms with van der Waals surface area (Å²) in [5.41, 5.74) is 1.31. The minimum absolute atomic E-state index is 0.882. The molecule has 0 unspecified atom stereocenters. The van der Waals surface area contributed by atoms with E-state index in [1.807, 2.05) is 19.2 Å². The third kappa shape index (κ3) is 3.28. The molecule has 0 bridgehead atoms. The Labute approximate surface area is 112 Å². The van der Waals surface area contributed by atoms with E-state index in [1.165, 1.54) is 15.4 Å². The molecule has 0 fully saturated rings. The van der Waals surface area contributed by atoms with Crippen molar-refractivity contribution in [3.05, 3.63) is 54.1 Å². The van der Waals surface area contributed by atoms with E-state index in [9.17, 15) is 0 Å². The normalized spacial score (nSPS) is 10.3. The number of methoxy groups -OCH3 is 1. The molecule has 2 nitrogen and oxygen atoms in total. The summed E-state index contributed by atoms with van der Waals surface area (Å²) in [6.07, 6.45) is 0. The second-order valence-electron chi connectivity index (χ2n) is 3.92. The third-order valence-electron chi connectivity index (χ3n) is 2.61. The second kappa shape index (κ2) is 6.47. The van der Waals surface area contributed by atoms with Crippen molar-refractivity contribution >= 4 is 11.8 Å². The molecule has 0 saturated carbocycles. The van der Waals surface area contributed by atoms with Crippen molar-refractivity contribution in [1.29, 1.82) is 0 Å². The molecule has 0 heterocycles. The molecule has 0 spiro atoms. The van der Waals surface area contributed by atoms with Crippen LogP contribution in [0.5, 0.6) is 5.75 Å². The fraction of sp³-hybridized carbons (Fsp3) is 0.200. The molecule has 1 N–H and O–H groups in total. The van der Waals surface area contributed by atoms with Crippen LogP contribution < -0.4 is 10.1 Å². The first-order valence-corrected chi connectivity index (χ1v) is 6.69. The molecule has 0 aliphatic heterocycles. The zero-order chi connectivity index (χ0) is 12.8. The van der Waals surface area contributed by atoms with E-state index in [0.717, 1.165) is 12.3 Å². The van der Waals surface area contributed by atoms with E-state index in [1.54, 1.807) is 18.9 Å². The van der Waals surface area contributed by atoms with Crippen LogP contribution in [0.3, 0.4) is 0 Å². The van der Waals surface area contributed by atoms with Gasteiger partial charge in [0, 0.05) is 16.3 Å². The molecule has 0 aromatic heterocycles. The summed E-state index contributed by atoms with van der Waals surface area (Å²) < 4.78 is 5.24. The van der Waals surface area contributed by atoms with Crippen LogP contribution in [0.15, 0.2) is 58.3 Å². The van der Waals surface area contributed by atoms with Gasteiger partial charge >= 0.3 is 0 Å². The lowest BCUT2D eigenvalue weighted by Gasteiger charge is -2.09. The van der Waals surface area contributed by atoms with E-state index < -0.39 is 0 Å². The second-order valence-corrected chi connectivity index (χ2v) is 5.03. The predicted molar refractivity (Wildman–Crippen MR) is 76.3 cm³/mol. The topological polar surface area (TPSA) is 21.3 Å². The summed E-state index contributed by atoms with van der Waals surface area (Å²) >= 11 is 1.76. The van der Waals surface area contributed by atoms with Gasteiger partial charge in [0.15, 0.2) is 0 Å². The largest absolute Gasteiger partial charge is 0.497 e. The highest BCUT2D eigenvalue weighted by Crippen LogP contribution is 2.32. The Kier molecular flexibility index (Phi) is 4.67. The van der Waals surface area contributed by atoms with Gasteiger partial charge in [0.1, 0.15) is 5.75 Å². The highest BCUT2D eigenvalue weighted by molar-refractivity contribution is 7.99. The number of ether oxygens (including phenoxy) is 1. The van der Waals surface area contributed by atoms with E-state index in [4.69, 9.17) is 4.74 Å². The van der Waals surface area contributed by atoms with Crippen molar-refractivity contribution in [3.63, 3.8) is 0 Å². The monoisotopic (exact) mass is 259 g/mol. The summed E-state index contributed by atoms with van der Waals surface area (Å²) in [6, 6.07) is 16.6. The number of benzene rings is 2. The summed E-state index contributed by atoms with van der Waals surface area (Å²) in [6.45, 7) is 0.882. The lowest BCUT2D eigenvalue weighted by atomic mass is 10.2. The lowest BCUT2D eigenvalue weighted by Crippen LogP contribution is -2.05. The molecule has 0 atom stereocenters. The van der Waals surface area contributed by atoms with Crippen LogP contribution in [0.25, 0.3) is 0 Å². The summed E-state index contributed by atoms with van der Waals surface area (Å²) in [7, 11) is 3.66. The summed E-state index contributed by atoms with van der Waals surface area (Å²) in [5, 5.41) is 3.19. The van der Waals surface area contributed by atoms with Crippen LogP contribution in [0.2, 0.25) is 0 Å².